The van der Waals surface area contributed by atoms with Crippen LogP contribution in [0.1, 0.15) is 32.6 Å². The fraction of sp³-hybridized carbons (Fsp3) is 0.611. The van der Waals surface area contributed by atoms with Crippen molar-refractivity contribution in [2.75, 3.05) is 19.6 Å². The summed E-state index contributed by atoms with van der Waals surface area (Å²) in [6.45, 7) is 4.27. The van der Waals surface area contributed by atoms with Gasteiger partial charge in [-0.15, -0.1) is 12.4 Å². The van der Waals surface area contributed by atoms with E-state index in [0.717, 1.165) is 32.4 Å². The molecule has 0 radical (unpaired) electrons. The lowest BCUT2D eigenvalue weighted by Crippen LogP contribution is -2.56. The molecule has 3 atom stereocenters. The molecule has 1 aromatic rings. The molecule has 0 aromatic heterocycles. The van der Waals surface area contributed by atoms with Gasteiger partial charge in [-0.25, -0.2) is 8.42 Å². The summed E-state index contributed by atoms with van der Waals surface area (Å²) in [6, 6.07) is 7.89. The number of rotatable bonds is 4. The second kappa shape index (κ2) is 9.17. The molecule has 2 aliphatic heterocycles. The van der Waals surface area contributed by atoms with E-state index < -0.39 is 16.1 Å². The largest absolute Gasteiger partial charge is 0.352 e. The van der Waals surface area contributed by atoms with Crippen LogP contribution in [0, 0.1) is 5.92 Å². The molecule has 0 saturated carbocycles. The number of nitrogens with zero attached hydrogens (tertiary/aromatic N) is 1. The zero-order valence-corrected chi connectivity index (χ0v) is 16.7. The van der Waals surface area contributed by atoms with Gasteiger partial charge >= 0.3 is 0 Å². The number of carbonyl (C=O) groups excluding carboxylic acids is 1. The van der Waals surface area contributed by atoms with Crippen LogP contribution in [-0.4, -0.2) is 50.3 Å². The summed E-state index contributed by atoms with van der Waals surface area (Å²) in [6.07, 6.45) is 3.13. The van der Waals surface area contributed by atoms with E-state index in [1.165, 1.54) is 4.31 Å². The summed E-state index contributed by atoms with van der Waals surface area (Å²) in [5.74, 6) is 0.193. The molecular formula is C18H28ClN3O3S. The molecule has 146 valence electrons. The van der Waals surface area contributed by atoms with Crippen molar-refractivity contribution in [3.8, 4) is 0 Å². The molecule has 0 spiro atoms. The minimum Gasteiger partial charge on any atom is -0.352 e. The van der Waals surface area contributed by atoms with Crippen LogP contribution < -0.4 is 10.6 Å². The summed E-state index contributed by atoms with van der Waals surface area (Å²) >= 11 is 0. The molecule has 3 unspecified atom stereocenters. The van der Waals surface area contributed by atoms with E-state index in [9.17, 15) is 13.2 Å². The van der Waals surface area contributed by atoms with E-state index in [1.54, 1.807) is 30.3 Å². The number of benzene rings is 1. The summed E-state index contributed by atoms with van der Waals surface area (Å²) in [5, 5.41) is 6.42. The lowest BCUT2D eigenvalue weighted by atomic mass is 9.94. The number of carbonyl (C=O) groups is 1. The van der Waals surface area contributed by atoms with Crippen molar-refractivity contribution in [1.82, 2.24) is 14.9 Å². The van der Waals surface area contributed by atoms with Crippen LogP contribution in [0.4, 0.5) is 0 Å². The Hall–Kier alpha value is -1.15. The Bertz CT molecular complexity index is 699. The fourth-order valence-electron chi connectivity index (χ4n) is 3.69. The first-order valence-corrected chi connectivity index (χ1v) is 10.5. The summed E-state index contributed by atoms with van der Waals surface area (Å²) < 4.78 is 27.4. The predicted octanol–water partition coefficient (Wildman–Crippen LogP) is 1.77. The molecule has 2 saturated heterocycles. The predicted molar refractivity (Wildman–Crippen MR) is 104 cm³/mol. The molecule has 2 heterocycles. The monoisotopic (exact) mass is 401 g/mol. The van der Waals surface area contributed by atoms with Crippen LogP contribution in [-0.2, 0) is 14.8 Å². The topological polar surface area (TPSA) is 78.5 Å². The number of hydrogen-bond acceptors (Lipinski definition) is 4. The summed E-state index contributed by atoms with van der Waals surface area (Å²) in [7, 11) is -3.65. The minimum absolute atomic E-state index is 0. The maximum Gasteiger partial charge on any atom is 0.243 e. The standard InChI is InChI=1S/C18H27N3O3S.ClH/c1-14-13-19-11-10-16(14)20-18(22)17-9-5-6-12-21(17)25(23,24)15-7-3-2-4-8-15;/h2-4,7-8,14,16-17,19H,5-6,9-13H2,1H3,(H,20,22);1H. The van der Waals surface area contributed by atoms with Gasteiger partial charge in [0.1, 0.15) is 6.04 Å². The smallest absolute Gasteiger partial charge is 0.243 e. The third-order valence-electron chi connectivity index (χ3n) is 5.22. The molecule has 26 heavy (non-hydrogen) atoms. The number of halogens is 1. The molecule has 3 rings (SSSR count). The zero-order valence-electron chi connectivity index (χ0n) is 15.1. The Morgan fingerprint density at radius 1 is 1.19 bits per heavy atom. The van der Waals surface area contributed by atoms with Crippen LogP contribution in [0.3, 0.4) is 0 Å². The maximum absolute atomic E-state index is 13.0. The van der Waals surface area contributed by atoms with Gasteiger partial charge in [-0.3, -0.25) is 4.79 Å². The van der Waals surface area contributed by atoms with Crippen LogP contribution in [0.2, 0.25) is 0 Å². The Kier molecular flexibility index (Phi) is 7.46. The van der Waals surface area contributed by atoms with Gasteiger partial charge in [0.25, 0.3) is 0 Å². The highest BCUT2D eigenvalue weighted by Gasteiger charge is 2.38. The first-order valence-electron chi connectivity index (χ1n) is 9.08. The van der Waals surface area contributed by atoms with Crippen LogP contribution in [0.25, 0.3) is 0 Å². The van der Waals surface area contributed by atoms with Gasteiger partial charge in [0, 0.05) is 12.6 Å². The molecule has 1 aromatic carbocycles. The lowest BCUT2D eigenvalue weighted by Gasteiger charge is -2.36. The van der Waals surface area contributed by atoms with Crippen molar-refractivity contribution in [1.29, 1.82) is 0 Å². The normalized spacial score (nSPS) is 27.3. The van der Waals surface area contributed by atoms with E-state index in [-0.39, 0.29) is 29.3 Å². The van der Waals surface area contributed by atoms with E-state index in [0.29, 0.717) is 18.9 Å². The molecule has 0 bridgehead atoms. The molecule has 2 fully saturated rings. The Labute approximate surface area is 162 Å². The van der Waals surface area contributed by atoms with Crippen LogP contribution in [0.15, 0.2) is 35.2 Å². The van der Waals surface area contributed by atoms with Gasteiger partial charge in [-0.2, -0.15) is 4.31 Å². The fourth-order valence-corrected chi connectivity index (χ4v) is 5.37. The molecular weight excluding hydrogens is 374 g/mol. The van der Waals surface area contributed by atoms with Gasteiger partial charge < -0.3 is 10.6 Å². The highest BCUT2D eigenvalue weighted by Crippen LogP contribution is 2.26. The zero-order chi connectivity index (χ0) is 17.9. The van der Waals surface area contributed by atoms with Gasteiger partial charge in [-0.05, 0) is 50.4 Å². The van der Waals surface area contributed by atoms with Crippen molar-refractivity contribution in [3.05, 3.63) is 30.3 Å². The quantitative estimate of drug-likeness (QED) is 0.805. The molecule has 6 nitrogen and oxygen atoms in total. The van der Waals surface area contributed by atoms with Gasteiger partial charge in [0.2, 0.25) is 15.9 Å². The number of piperidine rings is 2. The average molecular weight is 402 g/mol. The molecule has 8 heteroatoms. The second-order valence-corrected chi connectivity index (χ2v) is 8.92. The molecule has 2 N–H and O–H groups in total. The van der Waals surface area contributed by atoms with Crippen molar-refractivity contribution in [2.24, 2.45) is 5.92 Å². The number of nitrogens with one attached hydrogen (secondary N) is 2. The number of amides is 1. The molecule has 1 amide bonds. The third kappa shape index (κ3) is 4.57. The van der Waals surface area contributed by atoms with Crippen molar-refractivity contribution < 1.29 is 13.2 Å². The third-order valence-corrected chi connectivity index (χ3v) is 7.14. The average Bonchev–Trinajstić information content (AvgIpc) is 2.64. The van der Waals surface area contributed by atoms with Crippen molar-refractivity contribution in [2.45, 2.75) is 49.6 Å². The van der Waals surface area contributed by atoms with Gasteiger partial charge in [-0.1, -0.05) is 31.5 Å². The van der Waals surface area contributed by atoms with Crippen molar-refractivity contribution >= 4 is 28.3 Å². The maximum atomic E-state index is 13.0. The molecule has 0 aliphatic carbocycles. The van der Waals surface area contributed by atoms with Gasteiger partial charge in [0.15, 0.2) is 0 Å². The Balaban J connectivity index is 0.00000243. The highest BCUT2D eigenvalue weighted by atomic mass is 35.5. The number of sulfonamides is 1. The first kappa shape index (κ1) is 21.2. The van der Waals surface area contributed by atoms with Gasteiger partial charge in [0.05, 0.1) is 4.90 Å². The minimum atomic E-state index is -3.65. The lowest BCUT2D eigenvalue weighted by molar-refractivity contribution is -0.126. The Morgan fingerprint density at radius 2 is 1.92 bits per heavy atom. The summed E-state index contributed by atoms with van der Waals surface area (Å²) in [4.78, 5) is 13.1. The molecule has 2 aliphatic rings. The SMILES string of the molecule is CC1CNCCC1NC(=O)C1CCCCN1S(=O)(=O)c1ccccc1.Cl. The highest BCUT2D eigenvalue weighted by molar-refractivity contribution is 7.89. The second-order valence-electron chi connectivity index (χ2n) is 7.03. The van der Waals surface area contributed by atoms with E-state index in [4.69, 9.17) is 0 Å². The van der Waals surface area contributed by atoms with Crippen LogP contribution >= 0.6 is 12.4 Å². The summed E-state index contributed by atoms with van der Waals surface area (Å²) in [5.41, 5.74) is 0. The van der Waals surface area contributed by atoms with Crippen molar-refractivity contribution in [3.63, 3.8) is 0 Å². The number of hydrogen-bond donors (Lipinski definition) is 2. The van der Waals surface area contributed by atoms with E-state index in [1.807, 2.05) is 0 Å². The first-order chi connectivity index (χ1) is 12.0. The van der Waals surface area contributed by atoms with E-state index >= 15 is 0 Å². The van der Waals surface area contributed by atoms with E-state index in [2.05, 4.69) is 17.6 Å². The van der Waals surface area contributed by atoms with Crippen LogP contribution in [0.5, 0.6) is 0 Å². The Morgan fingerprint density at radius 3 is 2.62 bits per heavy atom.